The van der Waals surface area contributed by atoms with Crippen molar-refractivity contribution in [3.63, 3.8) is 0 Å². The van der Waals surface area contributed by atoms with E-state index in [1.165, 1.54) is 22.3 Å². The summed E-state index contributed by atoms with van der Waals surface area (Å²) in [6, 6.07) is 16.8. The number of nitrogens with zero attached hydrogens (tertiary/aromatic N) is 2. The molecule has 3 nitrogen and oxygen atoms in total. The summed E-state index contributed by atoms with van der Waals surface area (Å²) in [5.41, 5.74) is 6.43. The molecule has 1 unspecified atom stereocenters. The zero-order valence-electron chi connectivity index (χ0n) is 22.3. The molecule has 4 aromatic rings. The highest BCUT2D eigenvalue weighted by Gasteiger charge is 2.26. The maximum Gasteiger partial charge on any atom is 0.122 e. The fourth-order valence-corrected chi connectivity index (χ4v) is 6.39. The summed E-state index contributed by atoms with van der Waals surface area (Å²) < 4.78 is 0. The molecular formula is C31H35Cl2N3S. The zero-order chi connectivity index (χ0) is 26.7. The van der Waals surface area contributed by atoms with Crippen LogP contribution in [0.5, 0.6) is 0 Å². The van der Waals surface area contributed by atoms with Gasteiger partial charge in [0.1, 0.15) is 10.9 Å². The lowest BCUT2D eigenvalue weighted by Gasteiger charge is -2.23. The Kier molecular flexibility index (Phi) is 9.05. The summed E-state index contributed by atoms with van der Waals surface area (Å²) in [5, 5.41) is 2.21. The van der Waals surface area contributed by atoms with Crippen LogP contribution in [0.2, 0.25) is 10.0 Å². The number of benzene rings is 2. The quantitative estimate of drug-likeness (QED) is 0.225. The molecule has 1 atom stereocenters. The van der Waals surface area contributed by atoms with Crippen molar-refractivity contribution in [3.05, 3.63) is 105 Å². The molecule has 1 N–H and O–H groups in total. The Labute approximate surface area is 235 Å². The molecule has 37 heavy (non-hydrogen) atoms. The molecule has 4 rings (SSSR count). The van der Waals surface area contributed by atoms with Crippen LogP contribution in [0.25, 0.3) is 0 Å². The molecule has 0 amide bonds. The standard InChI is InChI=1S/C31H35Cl2N3S/c1-18(2)22-7-8-26(27(14-22)19(3)4)28(13-21-9-11-34-12-10-21)30-35-29(20(5)6)31(36-30)37-25-16-23(32)15-24(33)17-25/h7-12,14-20,28H,13H2,1-6H3,(H,35,36). The Balaban J connectivity index is 1.84. The Morgan fingerprint density at radius 2 is 1.46 bits per heavy atom. The SMILES string of the molecule is CC(C)c1ccc(C(Cc2ccncc2)c2nc(Sc3cc(Cl)cc(Cl)c3)c(C(C)C)[nH]2)c(C(C)C)c1. The number of nitrogens with one attached hydrogen (secondary N) is 1. The third kappa shape index (κ3) is 6.79. The first-order valence-corrected chi connectivity index (χ1v) is 14.5. The lowest BCUT2D eigenvalue weighted by Crippen LogP contribution is -2.12. The number of hydrogen-bond donors (Lipinski definition) is 1. The molecule has 0 saturated carbocycles. The van der Waals surface area contributed by atoms with Gasteiger partial charge >= 0.3 is 0 Å². The number of halogens is 2. The highest BCUT2D eigenvalue weighted by molar-refractivity contribution is 7.99. The van der Waals surface area contributed by atoms with E-state index in [-0.39, 0.29) is 11.8 Å². The molecule has 0 aliphatic heterocycles. The monoisotopic (exact) mass is 551 g/mol. The predicted octanol–water partition coefficient (Wildman–Crippen LogP) is 10.0. The number of aromatic nitrogens is 3. The molecule has 0 saturated heterocycles. The second-order valence-electron chi connectivity index (χ2n) is 10.5. The molecule has 0 fully saturated rings. The second kappa shape index (κ2) is 12.1. The molecule has 0 aliphatic carbocycles. The average molecular weight is 553 g/mol. The lowest BCUT2D eigenvalue weighted by atomic mass is 9.83. The number of hydrogen-bond acceptors (Lipinski definition) is 3. The highest BCUT2D eigenvalue weighted by Crippen LogP contribution is 2.39. The third-order valence-electron chi connectivity index (χ3n) is 6.64. The van der Waals surface area contributed by atoms with Crippen LogP contribution in [0.3, 0.4) is 0 Å². The number of imidazole rings is 1. The van der Waals surface area contributed by atoms with Gasteiger partial charge in [-0.3, -0.25) is 4.98 Å². The minimum absolute atomic E-state index is 0.0795. The first-order valence-electron chi connectivity index (χ1n) is 12.9. The Morgan fingerprint density at radius 3 is 2.05 bits per heavy atom. The van der Waals surface area contributed by atoms with Gasteiger partial charge in [0.25, 0.3) is 0 Å². The van der Waals surface area contributed by atoms with E-state index in [2.05, 4.69) is 81.8 Å². The fraction of sp³-hybridized carbons (Fsp3) is 0.355. The van der Waals surface area contributed by atoms with Gasteiger partial charge in [-0.2, -0.15) is 0 Å². The first kappa shape index (κ1) is 27.8. The van der Waals surface area contributed by atoms with Crippen LogP contribution >= 0.6 is 35.0 Å². The summed E-state index contributed by atoms with van der Waals surface area (Å²) in [5.74, 6) is 2.23. The lowest BCUT2D eigenvalue weighted by molar-refractivity contribution is 0.712. The maximum absolute atomic E-state index is 6.30. The van der Waals surface area contributed by atoms with E-state index in [4.69, 9.17) is 28.2 Å². The van der Waals surface area contributed by atoms with Crippen LogP contribution in [-0.4, -0.2) is 15.0 Å². The van der Waals surface area contributed by atoms with E-state index >= 15 is 0 Å². The van der Waals surface area contributed by atoms with Crippen LogP contribution in [0.4, 0.5) is 0 Å². The minimum atomic E-state index is 0.0795. The molecule has 0 spiro atoms. The summed E-state index contributed by atoms with van der Waals surface area (Å²) in [6.07, 6.45) is 4.56. The fourth-order valence-electron chi connectivity index (χ4n) is 4.60. The van der Waals surface area contributed by atoms with E-state index in [0.29, 0.717) is 21.9 Å². The zero-order valence-corrected chi connectivity index (χ0v) is 24.7. The largest absolute Gasteiger partial charge is 0.344 e. The van der Waals surface area contributed by atoms with Gasteiger partial charge in [-0.1, -0.05) is 94.7 Å². The molecule has 2 heterocycles. The topological polar surface area (TPSA) is 41.6 Å². The van der Waals surface area contributed by atoms with E-state index in [9.17, 15) is 0 Å². The molecular weight excluding hydrogens is 517 g/mol. The average Bonchev–Trinajstić information content (AvgIpc) is 3.25. The highest BCUT2D eigenvalue weighted by atomic mass is 35.5. The third-order valence-corrected chi connectivity index (χ3v) is 8.05. The predicted molar refractivity (Wildman–Crippen MR) is 158 cm³/mol. The van der Waals surface area contributed by atoms with Crippen LogP contribution < -0.4 is 0 Å². The maximum atomic E-state index is 6.30. The van der Waals surface area contributed by atoms with Gasteiger partial charge in [-0.15, -0.1) is 0 Å². The van der Waals surface area contributed by atoms with Gasteiger partial charge < -0.3 is 4.98 Å². The summed E-state index contributed by atoms with van der Waals surface area (Å²) >= 11 is 14.2. The number of aromatic amines is 1. The van der Waals surface area contributed by atoms with Gasteiger partial charge in [-0.25, -0.2) is 4.98 Å². The van der Waals surface area contributed by atoms with Crippen molar-refractivity contribution in [2.75, 3.05) is 0 Å². The Morgan fingerprint density at radius 1 is 0.784 bits per heavy atom. The van der Waals surface area contributed by atoms with E-state index in [1.54, 1.807) is 17.8 Å². The van der Waals surface area contributed by atoms with Crippen molar-refractivity contribution < 1.29 is 0 Å². The summed E-state index contributed by atoms with van der Waals surface area (Å²) in [4.78, 5) is 14.2. The summed E-state index contributed by atoms with van der Waals surface area (Å²) in [7, 11) is 0. The van der Waals surface area contributed by atoms with Gasteiger partial charge in [0.2, 0.25) is 0 Å². The Hall–Kier alpha value is -2.27. The van der Waals surface area contributed by atoms with Crippen molar-refractivity contribution in [1.82, 2.24) is 15.0 Å². The molecule has 0 bridgehead atoms. The number of rotatable bonds is 9. The van der Waals surface area contributed by atoms with Crippen molar-refractivity contribution in [3.8, 4) is 0 Å². The normalized spacial score (nSPS) is 12.6. The number of H-pyrrole nitrogens is 1. The first-order chi connectivity index (χ1) is 17.6. The van der Waals surface area contributed by atoms with Crippen molar-refractivity contribution in [2.24, 2.45) is 0 Å². The van der Waals surface area contributed by atoms with E-state index in [1.807, 2.05) is 24.5 Å². The van der Waals surface area contributed by atoms with Crippen molar-refractivity contribution in [1.29, 1.82) is 0 Å². The van der Waals surface area contributed by atoms with Crippen molar-refractivity contribution >= 4 is 35.0 Å². The van der Waals surface area contributed by atoms with Gasteiger partial charge in [0.15, 0.2) is 0 Å². The number of pyridine rings is 1. The van der Waals surface area contributed by atoms with Crippen LogP contribution in [0.15, 0.2) is 70.8 Å². The molecule has 0 radical (unpaired) electrons. The molecule has 6 heteroatoms. The van der Waals surface area contributed by atoms with E-state index in [0.717, 1.165) is 27.9 Å². The minimum Gasteiger partial charge on any atom is -0.344 e. The molecule has 0 aliphatic rings. The second-order valence-corrected chi connectivity index (χ2v) is 12.4. The Bertz CT molecular complexity index is 1330. The summed E-state index contributed by atoms with van der Waals surface area (Å²) in [6.45, 7) is 13.4. The molecule has 194 valence electrons. The smallest absolute Gasteiger partial charge is 0.122 e. The van der Waals surface area contributed by atoms with Crippen LogP contribution in [0.1, 0.15) is 99.0 Å². The van der Waals surface area contributed by atoms with Crippen LogP contribution in [0, 0.1) is 0 Å². The molecule has 2 aromatic carbocycles. The van der Waals surface area contributed by atoms with Gasteiger partial charge in [0.05, 0.1) is 5.69 Å². The van der Waals surface area contributed by atoms with E-state index < -0.39 is 0 Å². The van der Waals surface area contributed by atoms with Crippen LogP contribution in [-0.2, 0) is 6.42 Å². The molecule has 2 aromatic heterocycles. The van der Waals surface area contributed by atoms with Gasteiger partial charge in [-0.05, 0) is 76.8 Å². The van der Waals surface area contributed by atoms with Gasteiger partial charge in [0, 0.05) is 33.3 Å². The van der Waals surface area contributed by atoms with Crippen molar-refractivity contribution in [2.45, 2.75) is 81.6 Å².